The number of piperidine rings is 1. The summed E-state index contributed by atoms with van der Waals surface area (Å²) in [5, 5.41) is 2.28. The summed E-state index contributed by atoms with van der Waals surface area (Å²) < 4.78 is 4.78. The molecule has 0 spiro atoms. The van der Waals surface area contributed by atoms with Crippen LogP contribution in [0.25, 0.3) is 21.9 Å². The Kier molecular flexibility index (Phi) is 5.37. The number of benzene rings is 2. The van der Waals surface area contributed by atoms with Crippen LogP contribution in [-0.2, 0) is 11.3 Å². The van der Waals surface area contributed by atoms with Gasteiger partial charge in [-0.05, 0) is 60.6 Å². The Balaban J connectivity index is 1.64. The van der Waals surface area contributed by atoms with Crippen LogP contribution < -0.4 is 5.73 Å². The number of carbonyl (C=O) groups is 1. The fourth-order valence-electron chi connectivity index (χ4n) is 3.81. The molecule has 0 saturated carbocycles. The topological polar surface area (TPSA) is 68.5 Å². The summed E-state index contributed by atoms with van der Waals surface area (Å²) >= 11 is 0. The number of rotatable bonds is 4. The SMILES string of the molecule is COC(=O)c1ccc(-c2cncc3ccc(CN4CCC(N)CC4)cc23)cc1. The molecule has 0 bridgehead atoms. The van der Waals surface area contributed by atoms with E-state index in [4.69, 9.17) is 10.5 Å². The van der Waals surface area contributed by atoms with Gasteiger partial charge in [0.05, 0.1) is 12.7 Å². The molecule has 1 aliphatic heterocycles. The average molecular weight is 375 g/mol. The lowest BCUT2D eigenvalue weighted by molar-refractivity contribution is 0.0601. The van der Waals surface area contributed by atoms with Crippen molar-refractivity contribution in [2.45, 2.75) is 25.4 Å². The molecular formula is C23H25N3O2. The van der Waals surface area contributed by atoms with Crippen LogP contribution in [0.3, 0.4) is 0 Å². The number of hydrogen-bond acceptors (Lipinski definition) is 5. The van der Waals surface area contributed by atoms with Crippen molar-refractivity contribution in [1.82, 2.24) is 9.88 Å². The molecule has 1 aliphatic rings. The van der Waals surface area contributed by atoms with Crippen molar-refractivity contribution < 1.29 is 9.53 Å². The molecule has 0 radical (unpaired) electrons. The summed E-state index contributed by atoms with van der Waals surface area (Å²) in [6, 6.07) is 14.4. The molecule has 1 saturated heterocycles. The molecule has 5 heteroatoms. The number of carbonyl (C=O) groups excluding carboxylic acids is 1. The van der Waals surface area contributed by atoms with Gasteiger partial charge in [0.25, 0.3) is 0 Å². The van der Waals surface area contributed by atoms with Crippen LogP contribution in [0.5, 0.6) is 0 Å². The maximum atomic E-state index is 11.7. The number of nitrogens with zero attached hydrogens (tertiary/aromatic N) is 2. The second kappa shape index (κ2) is 8.09. The number of nitrogens with two attached hydrogens (primary N) is 1. The first-order valence-corrected chi connectivity index (χ1v) is 9.67. The first-order chi connectivity index (χ1) is 13.6. The smallest absolute Gasteiger partial charge is 0.337 e. The third-order valence-corrected chi connectivity index (χ3v) is 5.48. The van der Waals surface area contributed by atoms with Crippen LogP contribution in [0.2, 0.25) is 0 Å². The zero-order chi connectivity index (χ0) is 19.5. The van der Waals surface area contributed by atoms with E-state index in [0.717, 1.165) is 49.0 Å². The molecule has 0 atom stereocenters. The number of hydrogen-bond donors (Lipinski definition) is 1. The second-order valence-electron chi connectivity index (χ2n) is 7.43. The number of methoxy groups -OCH3 is 1. The molecule has 0 unspecified atom stereocenters. The van der Waals surface area contributed by atoms with E-state index < -0.39 is 0 Å². The number of ether oxygens (including phenoxy) is 1. The summed E-state index contributed by atoms with van der Waals surface area (Å²) in [5.74, 6) is -0.328. The summed E-state index contributed by atoms with van der Waals surface area (Å²) in [5.41, 5.74) is 9.96. The van der Waals surface area contributed by atoms with Crippen LogP contribution in [0, 0.1) is 0 Å². The Morgan fingerprint density at radius 2 is 1.89 bits per heavy atom. The number of esters is 1. The highest BCUT2D eigenvalue weighted by atomic mass is 16.5. The van der Waals surface area contributed by atoms with E-state index >= 15 is 0 Å². The average Bonchev–Trinajstić information content (AvgIpc) is 2.74. The van der Waals surface area contributed by atoms with Crippen LogP contribution in [0.1, 0.15) is 28.8 Å². The van der Waals surface area contributed by atoms with E-state index in [1.165, 1.54) is 18.1 Å². The van der Waals surface area contributed by atoms with Crippen molar-refractivity contribution in [1.29, 1.82) is 0 Å². The van der Waals surface area contributed by atoms with Crippen LogP contribution in [0.15, 0.2) is 54.9 Å². The number of pyridine rings is 1. The predicted molar refractivity (Wildman–Crippen MR) is 111 cm³/mol. The van der Waals surface area contributed by atoms with E-state index in [9.17, 15) is 4.79 Å². The van der Waals surface area contributed by atoms with E-state index in [-0.39, 0.29) is 5.97 Å². The largest absolute Gasteiger partial charge is 0.465 e. The van der Waals surface area contributed by atoms with Gasteiger partial charge in [0.15, 0.2) is 0 Å². The Morgan fingerprint density at radius 3 is 2.61 bits per heavy atom. The lowest BCUT2D eigenvalue weighted by Gasteiger charge is -2.30. The minimum Gasteiger partial charge on any atom is -0.465 e. The molecule has 28 heavy (non-hydrogen) atoms. The minimum atomic E-state index is -0.328. The van der Waals surface area contributed by atoms with Crippen molar-refractivity contribution in [3.63, 3.8) is 0 Å². The summed E-state index contributed by atoms with van der Waals surface area (Å²) in [6.07, 6.45) is 5.91. The Bertz CT molecular complexity index is 977. The van der Waals surface area contributed by atoms with Gasteiger partial charge in [-0.15, -0.1) is 0 Å². The maximum Gasteiger partial charge on any atom is 0.337 e. The van der Waals surface area contributed by atoms with Gasteiger partial charge in [0.2, 0.25) is 0 Å². The first-order valence-electron chi connectivity index (χ1n) is 9.67. The molecule has 5 nitrogen and oxygen atoms in total. The zero-order valence-electron chi connectivity index (χ0n) is 16.1. The van der Waals surface area contributed by atoms with E-state index in [0.29, 0.717) is 11.6 Å². The molecule has 2 aromatic carbocycles. The zero-order valence-corrected chi connectivity index (χ0v) is 16.1. The number of likely N-dealkylation sites (tertiary alicyclic amines) is 1. The fourth-order valence-corrected chi connectivity index (χ4v) is 3.81. The fraction of sp³-hybridized carbons (Fsp3) is 0.304. The molecule has 3 aromatic rings. The van der Waals surface area contributed by atoms with Gasteiger partial charge in [0, 0.05) is 35.9 Å². The molecule has 144 valence electrons. The third kappa shape index (κ3) is 3.91. The van der Waals surface area contributed by atoms with Crippen LogP contribution in [-0.4, -0.2) is 42.1 Å². The highest BCUT2D eigenvalue weighted by Crippen LogP contribution is 2.29. The number of fused-ring (bicyclic) bond motifs is 1. The van der Waals surface area contributed by atoms with Gasteiger partial charge in [0.1, 0.15) is 0 Å². The first kappa shape index (κ1) is 18.6. The lowest BCUT2D eigenvalue weighted by atomic mass is 9.98. The van der Waals surface area contributed by atoms with Crippen molar-refractivity contribution in [3.8, 4) is 11.1 Å². The molecule has 0 aliphatic carbocycles. The standard InChI is InChI=1S/C23H25N3O2/c1-28-23(27)18-6-4-17(5-7-18)22-14-25-13-19-3-2-16(12-21(19)22)15-26-10-8-20(24)9-11-26/h2-7,12-14,20H,8-11,15,24H2,1H3. The third-order valence-electron chi connectivity index (χ3n) is 5.48. The van der Waals surface area contributed by atoms with Crippen LogP contribution >= 0.6 is 0 Å². The van der Waals surface area contributed by atoms with E-state index in [1.54, 1.807) is 12.1 Å². The van der Waals surface area contributed by atoms with Crippen molar-refractivity contribution in [2.75, 3.05) is 20.2 Å². The van der Waals surface area contributed by atoms with Gasteiger partial charge in [-0.1, -0.05) is 24.3 Å². The molecule has 4 rings (SSSR count). The van der Waals surface area contributed by atoms with Gasteiger partial charge in [-0.3, -0.25) is 9.88 Å². The minimum absolute atomic E-state index is 0.328. The Morgan fingerprint density at radius 1 is 1.14 bits per heavy atom. The maximum absolute atomic E-state index is 11.7. The lowest BCUT2D eigenvalue weighted by Crippen LogP contribution is -2.39. The summed E-state index contributed by atoms with van der Waals surface area (Å²) in [6.45, 7) is 3.04. The summed E-state index contributed by atoms with van der Waals surface area (Å²) in [7, 11) is 1.39. The van der Waals surface area contributed by atoms with E-state index in [1.807, 2.05) is 24.5 Å². The normalized spacial score (nSPS) is 15.6. The molecule has 1 aromatic heterocycles. The van der Waals surface area contributed by atoms with Crippen molar-refractivity contribution >= 4 is 16.7 Å². The summed E-state index contributed by atoms with van der Waals surface area (Å²) in [4.78, 5) is 18.6. The molecule has 2 heterocycles. The molecule has 2 N–H and O–H groups in total. The monoisotopic (exact) mass is 375 g/mol. The molecule has 1 fully saturated rings. The van der Waals surface area contributed by atoms with Gasteiger partial charge in [-0.25, -0.2) is 4.79 Å². The molecule has 0 amide bonds. The molecular weight excluding hydrogens is 350 g/mol. The van der Waals surface area contributed by atoms with Gasteiger partial charge in [-0.2, -0.15) is 0 Å². The Labute approximate surface area is 165 Å². The highest BCUT2D eigenvalue weighted by Gasteiger charge is 2.16. The Hall–Kier alpha value is -2.76. The van der Waals surface area contributed by atoms with Crippen LogP contribution in [0.4, 0.5) is 0 Å². The van der Waals surface area contributed by atoms with Crippen molar-refractivity contribution in [2.24, 2.45) is 5.73 Å². The van der Waals surface area contributed by atoms with Crippen molar-refractivity contribution in [3.05, 3.63) is 66.0 Å². The number of aromatic nitrogens is 1. The quantitative estimate of drug-likeness (QED) is 0.706. The second-order valence-corrected chi connectivity index (χ2v) is 7.43. The highest BCUT2D eigenvalue weighted by molar-refractivity contribution is 5.97. The predicted octanol–water partition coefficient (Wildman–Crippen LogP) is 3.61. The van der Waals surface area contributed by atoms with Gasteiger partial charge >= 0.3 is 5.97 Å². The van der Waals surface area contributed by atoms with E-state index in [2.05, 4.69) is 28.1 Å². The van der Waals surface area contributed by atoms with Gasteiger partial charge < -0.3 is 10.5 Å².